The maximum absolute atomic E-state index is 12.2. The van der Waals surface area contributed by atoms with Crippen molar-refractivity contribution in [3.8, 4) is 0 Å². The molecule has 1 aliphatic heterocycles. The summed E-state index contributed by atoms with van der Waals surface area (Å²) in [6.07, 6.45) is 1.44. The number of benzene rings is 1. The van der Waals surface area contributed by atoms with Crippen LogP contribution in [0.3, 0.4) is 0 Å². The van der Waals surface area contributed by atoms with E-state index in [4.69, 9.17) is 4.74 Å². The normalized spacial score (nSPS) is 21.5. The molecule has 6 nitrogen and oxygen atoms in total. The molecule has 1 aliphatic rings. The molecule has 1 fully saturated rings. The van der Waals surface area contributed by atoms with Crippen molar-refractivity contribution in [3.63, 3.8) is 0 Å². The number of carbonyl (C=O) groups excluding carboxylic acids is 2. The first kappa shape index (κ1) is 21.4. The summed E-state index contributed by atoms with van der Waals surface area (Å²) in [7, 11) is 0. The molecule has 1 saturated heterocycles. The van der Waals surface area contributed by atoms with Crippen LogP contribution in [-0.2, 0) is 15.1 Å². The number of anilines is 1. The number of rotatable bonds is 6. The predicted octanol–water partition coefficient (Wildman–Crippen LogP) is 0.728. The van der Waals surface area contributed by atoms with Gasteiger partial charge >= 0.3 is 5.97 Å². The van der Waals surface area contributed by atoms with Crippen LogP contribution in [0.2, 0.25) is 0 Å². The van der Waals surface area contributed by atoms with E-state index in [1.807, 2.05) is 18.4 Å². The number of nitrogens with zero attached hydrogens (tertiary/aromatic N) is 1. The molecule has 0 saturated carbocycles. The number of hydrazine groups is 1. The van der Waals surface area contributed by atoms with Crippen molar-refractivity contribution in [1.82, 2.24) is 10.4 Å². The van der Waals surface area contributed by atoms with E-state index in [2.05, 4.69) is 29.7 Å². The molecule has 27 heavy (non-hydrogen) atoms. The first-order valence-electron chi connectivity index (χ1n) is 8.67. The zero-order valence-corrected chi connectivity index (χ0v) is 17.9. The fourth-order valence-corrected chi connectivity index (χ4v) is 3.94. The van der Waals surface area contributed by atoms with Gasteiger partial charge in [-0.05, 0) is 31.4 Å². The van der Waals surface area contributed by atoms with Crippen LogP contribution in [0.5, 0.6) is 0 Å². The zero-order chi connectivity index (χ0) is 18.7. The highest BCUT2D eigenvalue weighted by molar-refractivity contribution is 7.13. The lowest BCUT2D eigenvalue weighted by Crippen LogP contribution is -3.00. The standard InChI is InChI=1S/C19H23N3O3S.BrH/c1-12(2)9-14-10-19(3,25-17(14)24)15-11-26-18(20-15)22-21-16(23)13-7-5-4-6-8-13;/h4-8,11-12,14H,9-10H2,1-3H3,(H,20,22)(H,21,23);1H/p-1. The molecule has 2 atom stereocenters. The van der Waals surface area contributed by atoms with Gasteiger partial charge in [0, 0.05) is 17.4 Å². The van der Waals surface area contributed by atoms with Crippen LogP contribution in [0.4, 0.5) is 5.13 Å². The zero-order valence-electron chi connectivity index (χ0n) is 15.5. The number of thiazole rings is 1. The van der Waals surface area contributed by atoms with Crippen molar-refractivity contribution in [2.75, 3.05) is 5.43 Å². The number of hydrogen-bond donors (Lipinski definition) is 2. The summed E-state index contributed by atoms with van der Waals surface area (Å²) in [5, 5.41) is 2.41. The Balaban J connectivity index is 0.00000261. The Morgan fingerprint density at radius 1 is 1.37 bits per heavy atom. The van der Waals surface area contributed by atoms with Crippen LogP contribution in [0.25, 0.3) is 0 Å². The second-order valence-electron chi connectivity index (χ2n) is 7.17. The number of halogens is 1. The average Bonchev–Trinajstić information content (AvgIpc) is 3.19. The molecule has 2 heterocycles. The van der Waals surface area contributed by atoms with Gasteiger partial charge in [0.1, 0.15) is 0 Å². The maximum Gasteiger partial charge on any atom is 0.310 e. The van der Waals surface area contributed by atoms with E-state index in [1.54, 1.807) is 24.3 Å². The maximum atomic E-state index is 12.2. The fourth-order valence-electron chi connectivity index (χ4n) is 3.15. The number of aromatic nitrogens is 1. The lowest BCUT2D eigenvalue weighted by atomic mass is 9.88. The summed E-state index contributed by atoms with van der Waals surface area (Å²) >= 11 is 1.36. The van der Waals surface area contributed by atoms with Gasteiger partial charge in [-0.2, -0.15) is 0 Å². The molecule has 8 heteroatoms. The number of ether oxygens (including phenoxy) is 1. The quantitative estimate of drug-likeness (QED) is 0.498. The minimum Gasteiger partial charge on any atom is -1.00 e. The Morgan fingerprint density at radius 2 is 2.07 bits per heavy atom. The third kappa shape index (κ3) is 5.07. The van der Waals surface area contributed by atoms with Crippen LogP contribution < -0.4 is 27.8 Å². The van der Waals surface area contributed by atoms with E-state index in [0.29, 0.717) is 28.7 Å². The highest BCUT2D eigenvalue weighted by Gasteiger charge is 2.46. The Labute approximate surface area is 173 Å². The van der Waals surface area contributed by atoms with Crippen molar-refractivity contribution >= 4 is 28.3 Å². The lowest BCUT2D eigenvalue weighted by Gasteiger charge is -2.20. The highest BCUT2D eigenvalue weighted by atomic mass is 79.9. The molecule has 1 aromatic carbocycles. The molecular formula is C19H23BrN3O3S-. The van der Waals surface area contributed by atoms with Gasteiger partial charge in [0.15, 0.2) is 5.60 Å². The summed E-state index contributed by atoms with van der Waals surface area (Å²) in [5.41, 5.74) is 6.01. The summed E-state index contributed by atoms with van der Waals surface area (Å²) in [6.45, 7) is 6.10. The van der Waals surface area contributed by atoms with Gasteiger partial charge in [-0.25, -0.2) is 4.98 Å². The highest BCUT2D eigenvalue weighted by Crippen LogP contribution is 2.42. The van der Waals surface area contributed by atoms with Gasteiger partial charge in [-0.1, -0.05) is 32.0 Å². The molecule has 2 N–H and O–H groups in total. The molecular weight excluding hydrogens is 430 g/mol. The van der Waals surface area contributed by atoms with Gasteiger partial charge < -0.3 is 21.7 Å². The number of cyclic esters (lactones) is 1. The van der Waals surface area contributed by atoms with E-state index < -0.39 is 5.60 Å². The van der Waals surface area contributed by atoms with Gasteiger partial charge in [-0.15, -0.1) is 11.3 Å². The van der Waals surface area contributed by atoms with Gasteiger partial charge in [0.2, 0.25) is 5.13 Å². The van der Waals surface area contributed by atoms with E-state index in [1.165, 1.54) is 11.3 Å². The minimum atomic E-state index is -0.712. The topological polar surface area (TPSA) is 80.3 Å². The Hall–Kier alpha value is -1.93. The first-order chi connectivity index (χ1) is 12.4. The summed E-state index contributed by atoms with van der Waals surface area (Å²) < 4.78 is 5.65. The first-order valence-corrected chi connectivity index (χ1v) is 9.55. The largest absolute Gasteiger partial charge is 1.00 e. The Kier molecular flexibility index (Phi) is 7.00. The van der Waals surface area contributed by atoms with E-state index in [0.717, 1.165) is 6.42 Å². The number of nitrogens with one attached hydrogen (secondary N) is 2. The molecule has 1 amide bonds. The van der Waals surface area contributed by atoms with E-state index in [-0.39, 0.29) is 34.8 Å². The molecule has 0 spiro atoms. The van der Waals surface area contributed by atoms with Crippen molar-refractivity contribution in [1.29, 1.82) is 0 Å². The second-order valence-corrected chi connectivity index (χ2v) is 8.02. The molecule has 146 valence electrons. The molecule has 2 aromatic rings. The number of esters is 1. The Morgan fingerprint density at radius 3 is 2.74 bits per heavy atom. The van der Waals surface area contributed by atoms with Crippen LogP contribution in [-0.4, -0.2) is 16.9 Å². The molecule has 3 rings (SSSR count). The predicted molar refractivity (Wildman–Crippen MR) is 101 cm³/mol. The molecule has 0 radical (unpaired) electrons. The van der Waals surface area contributed by atoms with Crippen LogP contribution >= 0.6 is 11.3 Å². The van der Waals surface area contributed by atoms with Crippen LogP contribution in [0.15, 0.2) is 35.7 Å². The average molecular weight is 453 g/mol. The smallest absolute Gasteiger partial charge is 0.310 e. The number of hydrogen-bond acceptors (Lipinski definition) is 6. The summed E-state index contributed by atoms with van der Waals surface area (Å²) in [6, 6.07) is 8.93. The van der Waals surface area contributed by atoms with Crippen molar-refractivity contribution in [3.05, 3.63) is 47.0 Å². The fraction of sp³-hybridized carbons (Fsp3) is 0.421. The van der Waals surface area contributed by atoms with Gasteiger partial charge in [-0.3, -0.25) is 20.4 Å². The van der Waals surface area contributed by atoms with Crippen molar-refractivity contribution in [2.24, 2.45) is 11.8 Å². The van der Waals surface area contributed by atoms with Gasteiger partial charge in [0.25, 0.3) is 5.91 Å². The van der Waals surface area contributed by atoms with Crippen molar-refractivity contribution in [2.45, 2.75) is 39.2 Å². The third-order valence-corrected chi connectivity index (χ3v) is 5.17. The van der Waals surface area contributed by atoms with Gasteiger partial charge in [0.05, 0.1) is 11.6 Å². The van der Waals surface area contributed by atoms with E-state index >= 15 is 0 Å². The minimum absolute atomic E-state index is 0. The SMILES string of the molecule is CC(C)CC1CC(C)(c2csc(NNC(=O)c3ccccc3)n2)OC1=O.[Br-]. The molecule has 0 aliphatic carbocycles. The summed E-state index contributed by atoms with van der Waals surface area (Å²) in [5.74, 6) is -0.0365. The molecule has 1 aromatic heterocycles. The summed E-state index contributed by atoms with van der Waals surface area (Å²) in [4.78, 5) is 28.7. The monoisotopic (exact) mass is 452 g/mol. The lowest BCUT2D eigenvalue weighted by molar-refractivity contribution is -0.150. The third-order valence-electron chi connectivity index (χ3n) is 4.42. The van der Waals surface area contributed by atoms with Crippen LogP contribution in [0.1, 0.15) is 49.7 Å². The van der Waals surface area contributed by atoms with Crippen molar-refractivity contribution < 1.29 is 31.3 Å². The number of carbonyl (C=O) groups is 2. The molecule has 2 unspecified atom stereocenters. The Bertz CT molecular complexity index is 797. The second kappa shape index (κ2) is 8.84. The number of amides is 1. The van der Waals surface area contributed by atoms with Crippen LogP contribution in [0, 0.1) is 11.8 Å². The van der Waals surface area contributed by atoms with E-state index in [9.17, 15) is 9.59 Å². The molecule has 0 bridgehead atoms.